The van der Waals surface area contributed by atoms with Gasteiger partial charge in [0, 0.05) is 0 Å². The summed E-state index contributed by atoms with van der Waals surface area (Å²) in [5.74, 6) is 0. The van der Waals surface area contributed by atoms with E-state index in [9.17, 15) is 0 Å². The number of hydrogen-bond acceptors (Lipinski definition) is 0. The quantitative estimate of drug-likeness (QED) is 0.182. The van der Waals surface area contributed by atoms with E-state index in [1.165, 1.54) is 56.3 Å². The molecule has 4 aromatic carbocycles. The summed E-state index contributed by atoms with van der Waals surface area (Å²) in [6.07, 6.45) is 4.69. The Kier molecular flexibility index (Phi) is 8.28. The summed E-state index contributed by atoms with van der Waals surface area (Å²) >= 11 is 0. The summed E-state index contributed by atoms with van der Waals surface area (Å²) in [5.41, 5.74) is 8.26. The van der Waals surface area contributed by atoms with Crippen LogP contribution in [0.4, 0.5) is 0 Å². The van der Waals surface area contributed by atoms with Crippen LogP contribution in [0.1, 0.15) is 25.0 Å². The van der Waals surface area contributed by atoms with E-state index < -0.39 is 0 Å². The highest BCUT2D eigenvalue weighted by atomic mass is 31.1. The van der Waals surface area contributed by atoms with Gasteiger partial charge in [0.1, 0.15) is 0 Å². The normalized spacial score (nSPS) is 11.7. The van der Waals surface area contributed by atoms with Crippen molar-refractivity contribution in [2.75, 3.05) is 12.3 Å². The van der Waals surface area contributed by atoms with Crippen molar-refractivity contribution in [3.8, 4) is 22.3 Å². The van der Waals surface area contributed by atoms with Crippen molar-refractivity contribution in [1.82, 2.24) is 0 Å². The van der Waals surface area contributed by atoms with E-state index >= 15 is 0 Å². The molecule has 0 N–H and O–H groups in total. The minimum absolute atomic E-state index is 0.888. The Balaban J connectivity index is 1.29. The number of rotatable bonds is 9. The zero-order valence-corrected chi connectivity index (χ0v) is 21.1. The van der Waals surface area contributed by atoms with E-state index in [0.717, 1.165) is 30.0 Å². The molecular weight excluding hydrogens is 422 g/mol. The standard InChI is InChI=1S/C30H32P2/c1-3-23-9-5-7-11-29(23)25-13-17-27(18-14-25)31-21-22-32-28-19-15-26(16-20-28)30-12-8-6-10-24(30)4-2/h5-20,31-32H,3-4,21-22H2,1-2H3. The van der Waals surface area contributed by atoms with Gasteiger partial charge in [0.2, 0.25) is 0 Å². The zero-order valence-electron chi connectivity index (χ0n) is 19.1. The van der Waals surface area contributed by atoms with Gasteiger partial charge in [-0.1, -0.05) is 128 Å². The molecule has 0 aromatic heterocycles. The average molecular weight is 455 g/mol. The van der Waals surface area contributed by atoms with Crippen LogP contribution in [0.5, 0.6) is 0 Å². The van der Waals surface area contributed by atoms with E-state index in [2.05, 4.69) is 111 Å². The Morgan fingerprint density at radius 1 is 0.469 bits per heavy atom. The lowest BCUT2D eigenvalue weighted by Gasteiger charge is -2.10. The predicted molar refractivity (Wildman–Crippen MR) is 148 cm³/mol. The van der Waals surface area contributed by atoms with Gasteiger partial charge in [-0.2, -0.15) is 0 Å². The average Bonchev–Trinajstić information content (AvgIpc) is 2.87. The summed E-state index contributed by atoms with van der Waals surface area (Å²) in [6, 6.07) is 36.0. The molecule has 0 radical (unpaired) electrons. The van der Waals surface area contributed by atoms with E-state index in [-0.39, 0.29) is 0 Å². The van der Waals surface area contributed by atoms with Crippen LogP contribution >= 0.6 is 17.2 Å². The molecule has 0 saturated heterocycles. The maximum Gasteiger partial charge on any atom is -0.0152 e. The van der Waals surface area contributed by atoms with Gasteiger partial charge in [0.15, 0.2) is 0 Å². The first-order valence-electron chi connectivity index (χ1n) is 11.6. The molecule has 0 heterocycles. The molecule has 162 valence electrons. The van der Waals surface area contributed by atoms with Crippen LogP contribution in [0.3, 0.4) is 0 Å². The Bertz CT molecular complexity index is 1040. The lowest BCUT2D eigenvalue weighted by atomic mass is 9.98. The third-order valence-corrected chi connectivity index (χ3v) is 8.95. The SMILES string of the molecule is CCc1ccccc1-c1ccc(PCCPc2ccc(-c3ccccc3CC)cc2)cc1. The summed E-state index contributed by atoms with van der Waals surface area (Å²) in [5, 5.41) is 2.94. The predicted octanol–water partition coefficient (Wildman–Crippen LogP) is 7.45. The molecule has 0 saturated carbocycles. The van der Waals surface area contributed by atoms with Crippen LogP contribution in [0.25, 0.3) is 22.3 Å². The van der Waals surface area contributed by atoms with Crippen molar-refractivity contribution in [1.29, 1.82) is 0 Å². The summed E-state index contributed by atoms with van der Waals surface area (Å²) in [7, 11) is 1.78. The molecule has 4 rings (SSSR count). The van der Waals surface area contributed by atoms with Crippen molar-refractivity contribution in [3.05, 3.63) is 108 Å². The smallest absolute Gasteiger partial charge is 0.0152 e. The minimum Gasteiger partial charge on any atom is -0.0900 e. The highest BCUT2D eigenvalue weighted by molar-refractivity contribution is 7.51. The second-order valence-electron chi connectivity index (χ2n) is 8.03. The molecule has 4 aromatic rings. The van der Waals surface area contributed by atoms with Crippen molar-refractivity contribution in [2.24, 2.45) is 0 Å². The summed E-state index contributed by atoms with van der Waals surface area (Å²) in [4.78, 5) is 0. The van der Waals surface area contributed by atoms with E-state index in [0.29, 0.717) is 0 Å². The van der Waals surface area contributed by atoms with Crippen molar-refractivity contribution < 1.29 is 0 Å². The third kappa shape index (κ3) is 5.75. The van der Waals surface area contributed by atoms with Gasteiger partial charge >= 0.3 is 0 Å². The molecule has 0 bridgehead atoms. The first-order chi connectivity index (χ1) is 15.8. The molecular formula is C30H32P2. The van der Waals surface area contributed by atoms with Crippen LogP contribution in [0, 0.1) is 0 Å². The molecule has 0 nitrogen and oxygen atoms in total. The molecule has 0 spiro atoms. The van der Waals surface area contributed by atoms with Gasteiger partial charge < -0.3 is 0 Å². The molecule has 0 fully saturated rings. The van der Waals surface area contributed by atoms with Gasteiger partial charge in [-0.3, -0.25) is 0 Å². The van der Waals surface area contributed by atoms with Crippen LogP contribution in [-0.2, 0) is 12.8 Å². The fraction of sp³-hybridized carbons (Fsp3) is 0.200. The van der Waals surface area contributed by atoms with Gasteiger partial charge in [0.05, 0.1) is 0 Å². The molecule has 2 atom stereocenters. The summed E-state index contributed by atoms with van der Waals surface area (Å²) < 4.78 is 0. The van der Waals surface area contributed by atoms with Gasteiger partial charge in [-0.25, -0.2) is 0 Å². The molecule has 0 amide bonds. The van der Waals surface area contributed by atoms with E-state index in [1.54, 1.807) is 0 Å². The Hall–Kier alpha value is -2.26. The second-order valence-corrected chi connectivity index (χ2v) is 10.9. The molecule has 2 unspecified atom stereocenters. The lowest BCUT2D eigenvalue weighted by molar-refractivity contribution is 1.14. The van der Waals surface area contributed by atoms with E-state index in [4.69, 9.17) is 0 Å². The fourth-order valence-corrected chi connectivity index (χ4v) is 6.55. The monoisotopic (exact) mass is 454 g/mol. The van der Waals surface area contributed by atoms with Gasteiger partial charge in [0.25, 0.3) is 0 Å². The Labute approximate surface area is 197 Å². The zero-order chi connectivity index (χ0) is 22.2. The van der Waals surface area contributed by atoms with Crippen molar-refractivity contribution >= 4 is 27.8 Å². The Morgan fingerprint density at radius 2 is 0.844 bits per heavy atom. The molecule has 2 heteroatoms. The second kappa shape index (κ2) is 11.6. The highest BCUT2D eigenvalue weighted by Gasteiger charge is 2.05. The molecule has 0 aliphatic carbocycles. The molecule has 0 aliphatic rings. The van der Waals surface area contributed by atoms with Gasteiger partial charge in [-0.15, -0.1) is 0 Å². The minimum atomic E-state index is 0.888. The molecule has 0 aliphatic heterocycles. The summed E-state index contributed by atoms with van der Waals surface area (Å²) in [6.45, 7) is 4.46. The topological polar surface area (TPSA) is 0 Å². The number of hydrogen-bond donors (Lipinski definition) is 0. The fourth-order valence-electron chi connectivity index (χ4n) is 4.17. The van der Waals surface area contributed by atoms with Crippen LogP contribution in [-0.4, -0.2) is 12.3 Å². The number of aryl methyl sites for hydroxylation is 2. The highest BCUT2D eigenvalue weighted by Crippen LogP contribution is 2.26. The van der Waals surface area contributed by atoms with Crippen LogP contribution in [0.15, 0.2) is 97.1 Å². The third-order valence-electron chi connectivity index (χ3n) is 5.97. The first kappa shape index (κ1) is 22.9. The molecule has 32 heavy (non-hydrogen) atoms. The maximum absolute atomic E-state index is 2.32. The van der Waals surface area contributed by atoms with Crippen molar-refractivity contribution in [3.63, 3.8) is 0 Å². The Morgan fingerprint density at radius 3 is 1.22 bits per heavy atom. The van der Waals surface area contributed by atoms with Crippen LogP contribution < -0.4 is 10.6 Å². The maximum atomic E-state index is 2.32. The van der Waals surface area contributed by atoms with Crippen LogP contribution in [0.2, 0.25) is 0 Å². The lowest BCUT2D eigenvalue weighted by Crippen LogP contribution is -1.99. The number of benzene rings is 4. The largest absolute Gasteiger partial charge is 0.0900 e. The first-order valence-corrected chi connectivity index (χ1v) is 14.0. The van der Waals surface area contributed by atoms with Gasteiger partial charge in [-0.05, 0) is 69.2 Å². The van der Waals surface area contributed by atoms with E-state index in [1.807, 2.05) is 0 Å². The van der Waals surface area contributed by atoms with Crippen molar-refractivity contribution in [2.45, 2.75) is 26.7 Å².